The zero-order valence-electron chi connectivity index (χ0n) is 16.8. The van der Waals surface area contributed by atoms with E-state index in [0.717, 1.165) is 23.2 Å². The second-order valence-electron chi connectivity index (χ2n) is 9.04. The van der Waals surface area contributed by atoms with Crippen LogP contribution in [0.5, 0.6) is 0 Å². The third-order valence-corrected chi connectivity index (χ3v) is 7.86. The van der Waals surface area contributed by atoms with Gasteiger partial charge in [0.2, 0.25) is 0 Å². The zero-order valence-corrected chi connectivity index (χ0v) is 17.5. The fraction of sp³-hybridized carbons (Fsp3) is 0.500. The van der Waals surface area contributed by atoms with Crippen LogP contribution in [0.15, 0.2) is 12.1 Å². The van der Waals surface area contributed by atoms with E-state index in [2.05, 4.69) is 39.8 Å². The fourth-order valence-electron chi connectivity index (χ4n) is 6.65. The molecule has 0 aromatic heterocycles. The van der Waals surface area contributed by atoms with Crippen molar-refractivity contribution >= 4 is 11.4 Å². The van der Waals surface area contributed by atoms with E-state index in [-0.39, 0.29) is 37.7 Å². The van der Waals surface area contributed by atoms with Crippen molar-refractivity contribution < 1.29 is 37.7 Å². The largest absolute Gasteiger partial charge is 0.398 e. The van der Waals surface area contributed by atoms with Gasteiger partial charge in [-0.1, -0.05) is 25.0 Å². The van der Waals surface area contributed by atoms with E-state index < -0.39 is 0 Å². The summed E-state index contributed by atoms with van der Waals surface area (Å²) in [5, 5.41) is 0. The van der Waals surface area contributed by atoms with Crippen LogP contribution in [0.3, 0.4) is 0 Å². The van der Waals surface area contributed by atoms with Crippen molar-refractivity contribution in [3.8, 4) is 0 Å². The van der Waals surface area contributed by atoms with E-state index >= 15 is 0 Å². The predicted molar refractivity (Wildman–Crippen MR) is 110 cm³/mol. The van der Waals surface area contributed by atoms with Crippen molar-refractivity contribution in [3.63, 3.8) is 0 Å². The molecular formula is C24H30ArN2. The zero-order chi connectivity index (χ0) is 18.3. The van der Waals surface area contributed by atoms with Crippen LogP contribution in [0.2, 0.25) is 0 Å². The molecule has 3 heteroatoms. The SMILES string of the molecule is Cc1cc2c(c(C)c1N)C1c3c(cc(C)c(N)c3C)C2C2CCCCC12.[Ar]. The summed E-state index contributed by atoms with van der Waals surface area (Å²) in [6, 6.07) is 4.81. The van der Waals surface area contributed by atoms with E-state index in [1.54, 1.807) is 22.3 Å². The number of rotatable bonds is 0. The first-order chi connectivity index (χ1) is 12.4. The Labute approximate surface area is 193 Å². The minimum absolute atomic E-state index is 0. The van der Waals surface area contributed by atoms with E-state index in [1.165, 1.54) is 47.9 Å². The van der Waals surface area contributed by atoms with Gasteiger partial charge in [-0.3, -0.25) is 0 Å². The normalized spacial score (nSPS) is 27.4. The second-order valence-corrected chi connectivity index (χ2v) is 9.04. The van der Waals surface area contributed by atoms with Gasteiger partial charge in [-0.15, -0.1) is 0 Å². The van der Waals surface area contributed by atoms with Crippen molar-refractivity contribution in [1.29, 1.82) is 0 Å². The summed E-state index contributed by atoms with van der Waals surface area (Å²) >= 11 is 0. The molecule has 0 aliphatic heterocycles. The standard InChI is InChI=1S/C24H30N2.Ar/c1-11-9-17-19(13(3)23(11)25)22-16-8-6-5-7-15(16)21(17)18-10-12(2)24(26)14(4)20(18)22;/h9-10,15-16,21-22H,5-8,25-26H2,1-4H3;. The smallest absolute Gasteiger partial charge is 0.0376 e. The molecular weight excluding hydrogens is 356 g/mol. The van der Waals surface area contributed by atoms with Crippen LogP contribution < -0.4 is 11.5 Å². The van der Waals surface area contributed by atoms with Crippen LogP contribution in [-0.2, 0) is 0 Å². The molecule has 144 valence electrons. The van der Waals surface area contributed by atoms with Gasteiger partial charge in [0.05, 0.1) is 0 Å². The topological polar surface area (TPSA) is 52.0 Å². The summed E-state index contributed by atoms with van der Waals surface area (Å²) in [5.74, 6) is 2.57. The minimum atomic E-state index is 0. The minimum Gasteiger partial charge on any atom is -0.398 e. The Kier molecular flexibility index (Phi) is 4.85. The van der Waals surface area contributed by atoms with Crippen LogP contribution in [0, 0.1) is 77.3 Å². The Balaban J connectivity index is 0.00000180. The number of aryl methyl sites for hydroxylation is 2. The molecule has 4 aliphatic rings. The van der Waals surface area contributed by atoms with Crippen LogP contribution in [0.25, 0.3) is 0 Å². The van der Waals surface area contributed by atoms with E-state index in [9.17, 15) is 0 Å². The summed E-state index contributed by atoms with van der Waals surface area (Å²) in [5.41, 5.74) is 26.3. The Bertz CT molecular complexity index is 881. The molecule has 27 heavy (non-hydrogen) atoms. The molecule has 4 aliphatic carbocycles. The van der Waals surface area contributed by atoms with Crippen molar-refractivity contribution in [2.45, 2.75) is 65.2 Å². The van der Waals surface area contributed by atoms with Gasteiger partial charge in [-0.05, 0) is 96.9 Å². The van der Waals surface area contributed by atoms with Gasteiger partial charge in [0.15, 0.2) is 0 Å². The molecule has 2 aromatic carbocycles. The second kappa shape index (κ2) is 6.68. The van der Waals surface area contributed by atoms with Gasteiger partial charge in [-0.2, -0.15) is 0 Å². The molecule has 2 atom stereocenters. The molecule has 2 bridgehead atoms. The number of hydrogen-bond acceptors (Lipinski definition) is 2. The first kappa shape index (κ1) is 19.6. The fourth-order valence-corrected chi connectivity index (χ4v) is 6.65. The van der Waals surface area contributed by atoms with Gasteiger partial charge in [0, 0.05) is 60.9 Å². The number of nitrogens with two attached hydrogens (primary N) is 2. The molecule has 0 amide bonds. The Hall–Kier alpha value is -0.700. The van der Waals surface area contributed by atoms with E-state index in [0.29, 0.717) is 11.8 Å². The number of anilines is 2. The number of benzene rings is 2. The molecule has 6 rings (SSSR count). The Morgan fingerprint density at radius 1 is 0.704 bits per heavy atom. The van der Waals surface area contributed by atoms with Gasteiger partial charge >= 0.3 is 0 Å². The summed E-state index contributed by atoms with van der Waals surface area (Å²) in [7, 11) is 0. The molecule has 0 heterocycles. The molecule has 0 spiro atoms. The van der Waals surface area contributed by atoms with Crippen LogP contribution in [-0.4, -0.2) is 0 Å². The number of nitrogen functional groups attached to an aromatic ring is 2. The van der Waals surface area contributed by atoms with E-state index in [4.69, 9.17) is 11.5 Å². The molecule has 2 unspecified atom stereocenters. The van der Waals surface area contributed by atoms with Gasteiger partial charge in [0.25, 0.3) is 0 Å². The summed E-state index contributed by atoms with van der Waals surface area (Å²) in [6.07, 6.45) is 5.48. The maximum atomic E-state index is 6.49. The summed E-state index contributed by atoms with van der Waals surface area (Å²) in [6.45, 7) is 8.83. The van der Waals surface area contributed by atoms with Crippen LogP contribution in [0.1, 0.15) is 82.0 Å². The number of hydrogen-bond donors (Lipinski definition) is 2. The first-order valence-corrected chi connectivity index (χ1v) is 10.2. The molecule has 2 nitrogen and oxygen atoms in total. The summed E-state index contributed by atoms with van der Waals surface area (Å²) < 4.78 is 0. The van der Waals surface area contributed by atoms with E-state index in [1.807, 2.05) is 0 Å². The third-order valence-electron chi connectivity index (χ3n) is 7.86. The van der Waals surface area contributed by atoms with Crippen molar-refractivity contribution in [2.75, 3.05) is 11.5 Å². The predicted octanol–water partition coefficient (Wildman–Crippen LogP) is 5.48. The van der Waals surface area contributed by atoms with Crippen molar-refractivity contribution in [3.05, 3.63) is 56.6 Å². The van der Waals surface area contributed by atoms with Gasteiger partial charge in [-0.25, -0.2) is 0 Å². The van der Waals surface area contributed by atoms with Crippen LogP contribution >= 0.6 is 0 Å². The molecule has 2 aromatic rings. The Morgan fingerprint density at radius 3 is 1.56 bits per heavy atom. The quantitative estimate of drug-likeness (QED) is 0.589. The average molecular weight is 386 g/mol. The maximum Gasteiger partial charge on any atom is 0.0376 e. The van der Waals surface area contributed by atoms with Crippen LogP contribution in [0.4, 0.5) is 11.4 Å². The van der Waals surface area contributed by atoms with Gasteiger partial charge < -0.3 is 11.5 Å². The molecule has 0 saturated heterocycles. The molecule has 1 saturated carbocycles. The molecule has 0 radical (unpaired) electrons. The summed E-state index contributed by atoms with van der Waals surface area (Å²) in [4.78, 5) is 0. The van der Waals surface area contributed by atoms with Crippen molar-refractivity contribution in [1.82, 2.24) is 0 Å². The van der Waals surface area contributed by atoms with Gasteiger partial charge in [0.1, 0.15) is 0 Å². The Morgan fingerprint density at radius 2 is 1.11 bits per heavy atom. The average Bonchev–Trinajstić information content (AvgIpc) is 2.63. The first-order valence-electron chi connectivity index (χ1n) is 10.2. The molecule has 1 fully saturated rings. The maximum absolute atomic E-state index is 6.49. The molecule has 4 N–H and O–H groups in total. The monoisotopic (exact) mass is 386 g/mol. The third kappa shape index (κ3) is 2.49. The van der Waals surface area contributed by atoms with Crippen molar-refractivity contribution in [2.24, 2.45) is 11.8 Å².